The molecule has 0 aliphatic heterocycles. The number of amides is 1. The Bertz CT molecular complexity index is 1140. The van der Waals surface area contributed by atoms with E-state index in [1.54, 1.807) is 24.5 Å². The van der Waals surface area contributed by atoms with Crippen molar-refractivity contribution in [2.45, 2.75) is 31.0 Å². The van der Waals surface area contributed by atoms with Gasteiger partial charge < -0.3 is 14.8 Å². The van der Waals surface area contributed by atoms with Crippen LogP contribution in [-0.4, -0.2) is 62.2 Å². The van der Waals surface area contributed by atoms with E-state index >= 15 is 0 Å². The molecule has 0 fully saturated rings. The molecule has 0 saturated heterocycles. The second kappa shape index (κ2) is 15.1. The van der Waals surface area contributed by atoms with E-state index in [0.29, 0.717) is 46.0 Å². The summed E-state index contributed by atoms with van der Waals surface area (Å²) in [5.74, 6) is -0.156. The number of hydrogen-bond donors (Lipinski definition) is 2. The lowest BCUT2D eigenvalue weighted by Gasteiger charge is -2.21. The van der Waals surface area contributed by atoms with Crippen molar-refractivity contribution in [3.8, 4) is 0 Å². The first kappa shape index (κ1) is 28.4. The molecule has 0 aliphatic carbocycles. The smallest absolute Gasteiger partial charge is 0.238 e. The number of carbonyl (C=O) groups is 1. The zero-order valence-electron chi connectivity index (χ0n) is 20.7. The molecule has 10 nitrogen and oxygen atoms in total. The monoisotopic (exact) mass is 527 g/mol. The van der Waals surface area contributed by atoms with Gasteiger partial charge in [0.15, 0.2) is 0 Å². The summed E-state index contributed by atoms with van der Waals surface area (Å²) < 4.78 is 33.8. The summed E-state index contributed by atoms with van der Waals surface area (Å²) in [6.45, 7) is 4.04. The first-order valence-corrected chi connectivity index (χ1v) is 13.5. The number of carbonyl (C=O) groups excluding carboxylic acids is 1. The average molecular weight is 528 g/mol. The van der Waals surface area contributed by atoms with Crippen LogP contribution in [0.2, 0.25) is 0 Å². The molecule has 0 saturated carbocycles. The number of nitrogens with zero attached hydrogens (tertiary/aromatic N) is 3. The van der Waals surface area contributed by atoms with Crippen molar-refractivity contribution < 1.29 is 22.7 Å². The molecule has 3 N–H and O–H groups in total. The van der Waals surface area contributed by atoms with Gasteiger partial charge in [0.1, 0.15) is 0 Å². The number of hydrogen-bond acceptors (Lipinski definition) is 8. The minimum absolute atomic E-state index is 0.0345. The van der Waals surface area contributed by atoms with E-state index in [1.165, 1.54) is 12.1 Å². The van der Waals surface area contributed by atoms with Crippen LogP contribution in [0.5, 0.6) is 0 Å². The zero-order valence-corrected chi connectivity index (χ0v) is 21.5. The Hall–Kier alpha value is -3.22. The SMILES string of the molecule is NS(=O)(=O)c1ccc(CNC(=O)CCOCCOCCN(Cc2ccccn2)Cc2ccccn2)cc1. The van der Waals surface area contributed by atoms with Crippen LogP contribution >= 0.6 is 0 Å². The van der Waals surface area contributed by atoms with Gasteiger partial charge in [-0.15, -0.1) is 0 Å². The Balaban J connectivity index is 1.27. The van der Waals surface area contributed by atoms with E-state index in [-0.39, 0.29) is 23.8 Å². The van der Waals surface area contributed by atoms with Crippen LogP contribution in [0.1, 0.15) is 23.4 Å². The van der Waals surface area contributed by atoms with Crippen LogP contribution in [0, 0.1) is 0 Å². The molecule has 0 aliphatic rings. The van der Waals surface area contributed by atoms with Gasteiger partial charge in [-0.25, -0.2) is 13.6 Å². The number of primary sulfonamides is 1. The van der Waals surface area contributed by atoms with E-state index in [0.717, 1.165) is 17.0 Å². The Morgan fingerprint density at radius 2 is 1.43 bits per heavy atom. The molecule has 2 aromatic heterocycles. The van der Waals surface area contributed by atoms with E-state index in [2.05, 4.69) is 20.2 Å². The van der Waals surface area contributed by atoms with Gasteiger partial charge in [0.2, 0.25) is 15.9 Å². The molecule has 0 unspecified atom stereocenters. The summed E-state index contributed by atoms with van der Waals surface area (Å²) >= 11 is 0. The second-order valence-electron chi connectivity index (χ2n) is 8.29. The highest BCUT2D eigenvalue weighted by atomic mass is 32.2. The van der Waals surface area contributed by atoms with Crippen LogP contribution < -0.4 is 10.5 Å². The van der Waals surface area contributed by atoms with Crippen molar-refractivity contribution in [2.75, 3.05) is 33.0 Å². The molecule has 0 radical (unpaired) electrons. The molecule has 3 aromatic rings. The maximum Gasteiger partial charge on any atom is 0.238 e. The molecule has 3 rings (SSSR count). The Morgan fingerprint density at radius 1 is 0.838 bits per heavy atom. The molecule has 0 atom stereocenters. The number of aromatic nitrogens is 2. The quantitative estimate of drug-likeness (QED) is 0.269. The van der Waals surface area contributed by atoms with Gasteiger partial charge in [0.25, 0.3) is 0 Å². The highest BCUT2D eigenvalue weighted by molar-refractivity contribution is 7.89. The third kappa shape index (κ3) is 11.1. The number of pyridine rings is 2. The summed E-state index contributed by atoms with van der Waals surface area (Å²) in [7, 11) is -3.73. The van der Waals surface area contributed by atoms with Crippen LogP contribution in [-0.2, 0) is 43.9 Å². The summed E-state index contributed by atoms with van der Waals surface area (Å²) in [4.78, 5) is 23.1. The molecule has 0 bridgehead atoms. The minimum atomic E-state index is -3.73. The number of nitrogens with one attached hydrogen (secondary N) is 1. The summed E-state index contributed by atoms with van der Waals surface area (Å²) in [5.41, 5.74) is 2.75. The van der Waals surface area contributed by atoms with Crippen LogP contribution in [0.15, 0.2) is 78.0 Å². The van der Waals surface area contributed by atoms with Crippen molar-refractivity contribution in [2.24, 2.45) is 5.14 Å². The largest absolute Gasteiger partial charge is 0.379 e. The van der Waals surface area contributed by atoms with Crippen molar-refractivity contribution in [3.05, 3.63) is 90.0 Å². The van der Waals surface area contributed by atoms with Gasteiger partial charge in [-0.1, -0.05) is 24.3 Å². The number of ether oxygens (including phenoxy) is 2. The molecule has 0 spiro atoms. The molecule has 2 heterocycles. The average Bonchev–Trinajstić information content (AvgIpc) is 2.90. The van der Waals surface area contributed by atoms with Crippen molar-refractivity contribution in [1.29, 1.82) is 0 Å². The highest BCUT2D eigenvalue weighted by Crippen LogP contribution is 2.09. The van der Waals surface area contributed by atoms with E-state index in [4.69, 9.17) is 14.6 Å². The first-order valence-electron chi connectivity index (χ1n) is 12.0. The van der Waals surface area contributed by atoms with Gasteiger partial charge in [-0.3, -0.25) is 19.7 Å². The standard InChI is InChI=1S/C26H33N5O5S/c27-37(33,34)25-9-7-22(8-10-25)19-30-26(32)11-15-35-17-18-36-16-14-31(20-23-5-1-3-12-28-23)21-24-6-2-4-13-29-24/h1-10,12-13H,11,14-21H2,(H,30,32)(H2,27,33,34). The van der Waals surface area contributed by atoms with E-state index in [9.17, 15) is 13.2 Å². The molecule has 1 aromatic carbocycles. The highest BCUT2D eigenvalue weighted by Gasteiger charge is 2.10. The van der Waals surface area contributed by atoms with Gasteiger partial charge >= 0.3 is 0 Å². The summed E-state index contributed by atoms with van der Waals surface area (Å²) in [6.07, 6.45) is 3.80. The van der Waals surface area contributed by atoms with Crippen molar-refractivity contribution in [1.82, 2.24) is 20.2 Å². The first-order chi connectivity index (χ1) is 17.9. The predicted molar refractivity (Wildman–Crippen MR) is 139 cm³/mol. The zero-order chi connectivity index (χ0) is 26.3. The van der Waals surface area contributed by atoms with Gasteiger partial charge in [-0.2, -0.15) is 0 Å². The fourth-order valence-electron chi connectivity index (χ4n) is 3.42. The van der Waals surface area contributed by atoms with Gasteiger partial charge in [0, 0.05) is 45.0 Å². The Kier molecular flexibility index (Phi) is 11.6. The molecule has 198 valence electrons. The number of rotatable bonds is 16. The third-order valence-electron chi connectivity index (χ3n) is 5.36. The van der Waals surface area contributed by atoms with Crippen LogP contribution in [0.4, 0.5) is 0 Å². The third-order valence-corrected chi connectivity index (χ3v) is 6.29. The number of benzene rings is 1. The molecule has 37 heavy (non-hydrogen) atoms. The normalized spacial score (nSPS) is 11.5. The van der Waals surface area contributed by atoms with Crippen molar-refractivity contribution >= 4 is 15.9 Å². The summed E-state index contributed by atoms with van der Waals surface area (Å²) in [5, 5.41) is 7.85. The topological polar surface area (TPSA) is 137 Å². The van der Waals surface area contributed by atoms with Crippen LogP contribution in [0.25, 0.3) is 0 Å². The number of sulfonamides is 1. The predicted octanol–water partition coefficient (Wildman–Crippen LogP) is 1.87. The number of nitrogens with two attached hydrogens (primary N) is 1. The second-order valence-corrected chi connectivity index (χ2v) is 9.85. The summed E-state index contributed by atoms with van der Waals surface area (Å²) in [6, 6.07) is 17.8. The lowest BCUT2D eigenvalue weighted by molar-refractivity contribution is -0.122. The van der Waals surface area contributed by atoms with Crippen molar-refractivity contribution in [3.63, 3.8) is 0 Å². The maximum atomic E-state index is 12.0. The molecular formula is C26H33N5O5S. The lowest BCUT2D eigenvalue weighted by atomic mass is 10.2. The fraction of sp³-hybridized carbons (Fsp3) is 0.346. The minimum Gasteiger partial charge on any atom is -0.379 e. The molecular weight excluding hydrogens is 494 g/mol. The maximum absolute atomic E-state index is 12.0. The van der Waals surface area contributed by atoms with Gasteiger partial charge in [0.05, 0.1) is 42.7 Å². The van der Waals surface area contributed by atoms with E-state index < -0.39 is 10.0 Å². The fourth-order valence-corrected chi connectivity index (χ4v) is 3.94. The molecule has 11 heteroatoms. The van der Waals surface area contributed by atoms with E-state index in [1.807, 2.05) is 36.4 Å². The van der Waals surface area contributed by atoms with Gasteiger partial charge in [-0.05, 0) is 42.0 Å². The molecule has 1 amide bonds. The van der Waals surface area contributed by atoms with Crippen LogP contribution in [0.3, 0.4) is 0 Å². The Labute approximate surface area is 217 Å². The lowest BCUT2D eigenvalue weighted by Crippen LogP contribution is -2.28. The Morgan fingerprint density at radius 3 is 1.97 bits per heavy atom.